The fraction of sp³-hybridized carbons (Fsp3) is 0.579. The van der Waals surface area contributed by atoms with Crippen molar-refractivity contribution in [2.75, 3.05) is 41.5 Å². The van der Waals surface area contributed by atoms with Gasteiger partial charge in [-0.25, -0.2) is 4.79 Å². The van der Waals surface area contributed by atoms with Gasteiger partial charge in [0.1, 0.15) is 11.4 Å². The third kappa shape index (κ3) is 7.81. The Balaban J connectivity index is 2.55. The van der Waals surface area contributed by atoms with Gasteiger partial charge in [-0.3, -0.25) is 4.99 Å². The van der Waals surface area contributed by atoms with E-state index in [1.807, 2.05) is 26.8 Å². The number of alkyl carbamates (subject to hydrolysis) is 1. The lowest BCUT2D eigenvalue weighted by Gasteiger charge is -2.20. The standard InChI is InChI=1S/C19H32N4O5/c1-19(2,3)28-18(24)22-9-8-21-17(20-4)23-12-13-10-15(26-6)16(27-7)11-14(13)25-5/h10-11H,8-9,12H2,1-7H3,(H,22,24)(H2,20,21,23). The lowest BCUT2D eigenvalue weighted by Crippen LogP contribution is -2.42. The van der Waals surface area contributed by atoms with Crippen LogP contribution in [0.5, 0.6) is 17.2 Å². The van der Waals surface area contributed by atoms with E-state index in [4.69, 9.17) is 18.9 Å². The second kappa shape index (κ2) is 11.1. The largest absolute Gasteiger partial charge is 0.496 e. The predicted octanol–water partition coefficient (Wildman–Crippen LogP) is 1.90. The Morgan fingerprint density at radius 2 is 1.50 bits per heavy atom. The molecule has 0 aliphatic carbocycles. The lowest BCUT2D eigenvalue weighted by atomic mass is 10.1. The van der Waals surface area contributed by atoms with E-state index in [1.54, 1.807) is 34.4 Å². The molecule has 9 heteroatoms. The van der Waals surface area contributed by atoms with E-state index in [0.717, 1.165) is 5.56 Å². The normalized spacial score (nSPS) is 11.5. The Bertz CT molecular complexity index is 671. The number of amides is 1. The van der Waals surface area contributed by atoms with Crippen molar-refractivity contribution < 1.29 is 23.7 Å². The average Bonchev–Trinajstić information content (AvgIpc) is 2.65. The van der Waals surface area contributed by atoms with Crippen molar-refractivity contribution in [2.24, 2.45) is 4.99 Å². The van der Waals surface area contributed by atoms with Crippen LogP contribution >= 0.6 is 0 Å². The Hall–Kier alpha value is -2.84. The summed E-state index contributed by atoms with van der Waals surface area (Å²) in [7, 11) is 6.43. The molecular formula is C19H32N4O5. The van der Waals surface area contributed by atoms with Crippen LogP contribution in [0.3, 0.4) is 0 Å². The van der Waals surface area contributed by atoms with Crippen LogP contribution in [-0.2, 0) is 11.3 Å². The molecule has 1 amide bonds. The van der Waals surface area contributed by atoms with Crippen LogP contribution in [0.4, 0.5) is 4.79 Å². The number of ether oxygens (including phenoxy) is 4. The summed E-state index contributed by atoms with van der Waals surface area (Å²) in [5.74, 6) is 2.47. The van der Waals surface area contributed by atoms with Gasteiger partial charge in [0, 0.05) is 38.3 Å². The molecule has 9 nitrogen and oxygen atoms in total. The van der Waals surface area contributed by atoms with E-state index in [0.29, 0.717) is 42.8 Å². The number of methoxy groups -OCH3 is 3. The highest BCUT2D eigenvalue weighted by molar-refractivity contribution is 5.79. The second-order valence-corrected chi connectivity index (χ2v) is 6.80. The van der Waals surface area contributed by atoms with Gasteiger partial charge in [0.2, 0.25) is 0 Å². The maximum Gasteiger partial charge on any atom is 0.407 e. The summed E-state index contributed by atoms with van der Waals surface area (Å²) in [5, 5.41) is 8.99. The molecule has 3 N–H and O–H groups in total. The van der Waals surface area contributed by atoms with Crippen molar-refractivity contribution in [3.05, 3.63) is 17.7 Å². The van der Waals surface area contributed by atoms with Gasteiger partial charge in [-0.15, -0.1) is 0 Å². The van der Waals surface area contributed by atoms with E-state index in [2.05, 4.69) is 20.9 Å². The van der Waals surface area contributed by atoms with E-state index < -0.39 is 11.7 Å². The zero-order valence-electron chi connectivity index (χ0n) is 17.8. The van der Waals surface area contributed by atoms with Crippen LogP contribution in [0, 0.1) is 0 Å². The minimum atomic E-state index is -0.520. The first-order valence-electron chi connectivity index (χ1n) is 8.94. The van der Waals surface area contributed by atoms with Gasteiger partial charge in [-0.05, 0) is 26.8 Å². The fourth-order valence-electron chi connectivity index (χ4n) is 2.29. The van der Waals surface area contributed by atoms with E-state index in [9.17, 15) is 4.79 Å². The van der Waals surface area contributed by atoms with Crippen molar-refractivity contribution in [1.82, 2.24) is 16.0 Å². The molecule has 0 aliphatic rings. The molecule has 0 atom stereocenters. The highest BCUT2D eigenvalue weighted by atomic mass is 16.6. The molecule has 0 fully saturated rings. The molecule has 0 bridgehead atoms. The number of rotatable bonds is 8. The quantitative estimate of drug-likeness (QED) is 0.350. The molecule has 0 aromatic heterocycles. The van der Waals surface area contributed by atoms with Crippen LogP contribution in [0.25, 0.3) is 0 Å². The van der Waals surface area contributed by atoms with Crippen LogP contribution in [0.1, 0.15) is 26.3 Å². The van der Waals surface area contributed by atoms with Gasteiger partial charge in [-0.1, -0.05) is 0 Å². The van der Waals surface area contributed by atoms with Crippen molar-refractivity contribution in [3.63, 3.8) is 0 Å². The number of nitrogens with one attached hydrogen (secondary N) is 3. The van der Waals surface area contributed by atoms with E-state index in [-0.39, 0.29) is 0 Å². The number of benzene rings is 1. The molecule has 1 aromatic rings. The SMILES string of the molecule is CN=C(NCCNC(=O)OC(C)(C)C)NCc1cc(OC)c(OC)cc1OC. The molecule has 0 aliphatic heterocycles. The first-order valence-corrected chi connectivity index (χ1v) is 8.94. The van der Waals surface area contributed by atoms with Gasteiger partial charge in [0.05, 0.1) is 21.3 Å². The molecular weight excluding hydrogens is 364 g/mol. The molecule has 1 rings (SSSR count). The zero-order valence-corrected chi connectivity index (χ0v) is 17.8. The third-order valence-electron chi connectivity index (χ3n) is 3.54. The summed E-state index contributed by atoms with van der Waals surface area (Å²) in [5.41, 5.74) is 0.364. The average molecular weight is 396 g/mol. The number of guanidine groups is 1. The summed E-state index contributed by atoms with van der Waals surface area (Å²) < 4.78 is 21.2. The minimum absolute atomic E-state index is 0.398. The molecule has 28 heavy (non-hydrogen) atoms. The Morgan fingerprint density at radius 3 is 2.04 bits per heavy atom. The van der Waals surface area contributed by atoms with Gasteiger partial charge >= 0.3 is 6.09 Å². The Labute approximate surface area is 166 Å². The summed E-state index contributed by atoms with van der Waals surface area (Å²) in [6, 6.07) is 3.62. The van der Waals surface area contributed by atoms with Crippen LogP contribution in [0.2, 0.25) is 0 Å². The summed E-state index contributed by atoms with van der Waals surface area (Å²) in [6.45, 7) is 6.80. The van der Waals surface area contributed by atoms with Crippen molar-refractivity contribution in [1.29, 1.82) is 0 Å². The van der Waals surface area contributed by atoms with Crippen molar-refractivity contribution >= 4 is 12.1 Å². The Kier molecular flexibility index (Phi) is 9.20. The van der Waals surface area contributed by atoms with E-state index >= 15 is 0 Å². The number of carbonyl (C=O) groups excluding carboxylic acids is 1. The molecule has 0 spiro atoms. The van der Waals surface area contributed by atoms with Gasteiger partial charge in [0.25, 0.3) is 0 Å². The van der Waals surface area contributed by atoms with Gasteiger partial charge in [-0.2, -0.15) is 0 Å². The molecule has 0 saturated heterocycles. The molecule has 0 heterocycles. The summed E-state index contributed by atoms with van der Waals surface area (Å²) in [6.07, 6.45) is -0.452. The molecule has 1 aromatic carbocycles. The van der Waals surface area contributed by atoms with Crippen molar-refractivity contribution in [3.8, 4) is 17.2 Å². The van der Waals surface area contributed by atoms with E-state index in [1.165, 1.54) is 0 Å². The number of nitrogens with zero attached hydrogens (tertiary/aromatic N) is 1. The molecule has 0 saturated carbocycles. The van der Waals surface area contributed by atoms with Gasteiger partial charge in [0.15, 0.2) is 17.5 Å². The maximum atomic E-state index is 11.6. The number of hydrogen-bond donors (Lipinski definition) is 3. The molecule has 0 unspecified atom stereocenters. The molecule has 0 radical (unpaired) electrons. The molecule has 158 valence electrons. The van der Waals surface area contributed by atoms with Gasteiger partial charge < -0.3 is 34.9 Å². The topological polar surface area (TPSA) is 102 Å². The number of aliphatic imine (C=N–C) groups is 1. The fourth-order valence-corrected chi connectivity index (χ4v) is 2.29. The summed E-state index contributed by atoms with van der Waals surface area (Å²) in [4.78, 5) is 15.8. The monoisotopic (exact) mass is 396 g/mol. The van der Waals surface area contributed by atoms with Crippen LogP contribution < -0.4 is 30.2 Å². The summed E-state index contributed by atoms with van der Waals surface area (Å²) >= 11 is 0. The van der Waals surface area contributed by atoms with Crippen molar-refractivity contribution in [2.45, 2.75) is 32.9 Å². The van der Waals surface area contributed by atoms with Crippen LogP contribution in [0.15, 0.2) is 17.1 Å². The first-order chi connectivity index (χ1) is 13.2. The minimum Gasteiger partial charge on any atom is -0.496 e. The maximum absolute atomic E-state index is 11.6. The number of hydrogen-bond acceptors (Lipinski definition) is 6. The highest BCUT2D eigenvalue weighted by Gasteiger charge is 2.15. The first kappa shape index (κ1) is 23.2. The number of carbonyl (C=O) groups is 1. The smallest absolute Gasteiger partial charge is 0.407 e. The predicted molar refractivity (Wildman–Crippen MR) is 109 cm³/mol. The zero-order chi connectivity index (χ0) is 21.2. The highest BCUT2D eigenvalue weighted by Crippen LogP contribution is 2.34. The Morgan fingerprint density at radius 1 is 0.929 bits per heavy atom. The van der Waals surface area contributed by atoms with Crippen LogP contribution in [-0.4, -0.2) is 59.1 Å². The lowest BCUT2D eigenvalue weighted by molar-refractivity contribution is 0.0529. The second-order valence-electron chi connectivity index (χ2n) is 6.80. The third-order valence-corrected chi connectivity index (χ3v) is 3.54.